The maximum atomic E-state index is 13.0. The van der Waals surface area contributed by atoms with Gasteiger partial charge in [-0.2, -0.15) is 0 Å². The van der Waals surface area contributed by atoms with Crippen LogP contribution < -0.4 is 4.90 Å². The third-order valence-corrected chi connectivity index (χ3v) is 2.51. The maximum Gasteiger partial charge on any atom is 0.123 e. The molecule has 0 atom stereocenters. The van der Waals surface area contributed by atoms with Crippen LogP contribution in [0, 0.1) is 5.82 Å². The lowest BCUT2D eigenvalue weighted by Gasteiger charge is -2.23. The number of aliphatic hydroxyl groups excluding tert-OH is 1. The van der Waals surface area contributed by atoms with Crippen LogP contribution in [0.5, 0.6) is 0 Å². The fraction of sp³-hybridized carbons (Fsp3) is 0.500. The zero-order valence-electron chi connectivity index (χ0n) is 10.1. The second kappa shape index (κ2) is 5.82. The Morgan fingerprint density at radius 2 is 1.88 bits per heavy atom. The van der Waals surface area contributed by atoms with Gasteiger partial charge in [-0.05, 0) is 32.3 Å². The molecule has 0 saturated carbocycles. The Labute approximate surface area is 96.1 Å². The Morgan fingerprint density at radius 1 is 1.19 bits per heavy atom. The summed E-state index contributed by atoms with van der Waals surface area (Å²) in [6, 6.07) is 4.50. The van der Waals surface area contributed by atoms with Crippen LogP contribution in [-0.4, -0.2) is 44.2 Å². The van der Waals surface area contributed by atoms with Crippen molar-refractivity contribution in [2.45, 2.75) is 6.61 Å². The summed E-state index contributed by atoms with van der Waals surface area (Å²) < 4.78 is 13.0. The summed E-state index contributed by atoms with van der Waals surface area (Å²) in [7, 11) is 5.95. The van der Waals surface area contributed by atoms with E-state index >= 15 is 0 Å². The summed E-state index contributed by atoms with van der Waals surface area (Å²) in [6.45, 7) is 1.61. The molecule has 0 aliphatic carbocycles. The second-order valence-corrected chi connectivity index (χ2v) is 4.16. The van der Waals surface area contributed by atoms with Crippen molar-refractivity contribution in [3.05, 3.63) is 29.6 Å². The standard InChI is InChI=1S/C12H19FN2O/c1-14(2)6-7-15(3)12-5-4-11(13)8-10(12)9-16/h4-5,8,16H,6-7,9H2,1-3H3. The van der Waals surface area contributed by atoms with Gasteiger partial charge in [-0.1, -0.05) is 0 Å². The molecule has 1 aromatic rings. The summed E-state index contributed by atoms with van der Waals surface area (Å²) in [5.74, 6) is -0.311. The number of anilines is 1. The predicted octanol–water partition coefficient (Wildman–Crippen LogP) is 1.32. The van der Waals surface area contributed by atoms with E-state index in [4.69, 9.17) is 5.11 Å². The van der Waals surface area contributed by atoms with Crippen molar-refractivity contribution in [2.75, 3.05) is 39.1 Å². The molecule has 16 heavy (non-hydrogen) atoms. The van der Waals surface area contributed by atoms with E-state index in [2.05, 4.69) is 4.90 Å². The predicted molar refractivity (Wildman–Crippen MR) is 64.1 cm³/mol. The topological polar surface area (TPSA) is 26.7 Å². The summed E-state index contributed by atoms with van der Waals surface area (Å²) in [6.07, 6.45) is 0. The van der Waals surface area contributed by atoms with Crippen molar-refractivity contribution in [3.8, 4) is 0 Å². The van der Waals surface area contributed by atoms with Crippen molar-refractivity contribution in [1.82, 2.24) is 4.90 Å². The normalized spacial score (nSPS) is 10.9. The third kappa shape index (κ3) is 3.47. The van der Waals surface area contributed by atoms with Crippen molar-refractivity contribution in [3.63, 3.8) is 0 Å². The van der Waals surface area contributed by atoms with Crippen LogP contribution in [0.1, 0.15) is 5.56 Å². The van der Waals surface area contributed by atoms with Crippen LogP contribution in [0.25, 0.3) is 0 Å². The Hall–Kier alpha value is -1.13. The molecule has 0 fully saturated rings. The summed E-state index contributed by atoms with van der Waals surface area (Å²) >= 11 is 0. The van der Waals surface area contributed by atoms with Crippen LogP contribution in [0.2, 0.25) is 0 Å². The highest BCUT2D eigenvalue weighted by molar-refractivity contribution is 5.53. The number of halogens is 1. The van der Waals surface area contributed by atoms with Crippen molar-refractivity contribution in [2.24, 2.45) is 0 Å². The van der Waals surface area contributed by atoms with Crippen LogP contribution in [0.15, 0.2) is 18.2 Å². The van der Waals surface area contributed by atoms with Gasteiger partial charge >= 0.3 is 0 Å². The molecule has 0 saturated heterocycles. The minimum Gasteiger partial charge on any atom is -0.392 e. The number of likely N-dealkylation sites (N-methyl/N-ethyl adjacent to an activating group) is 2. The number of hydrogen-bond donors (Lipinski definition) is 1. The molecular formula is C12H19FN2O. The highest BCUT2D eigenvalue weighted by Crippen LogP contribution is 2.20. The lowest BCUT2D eigenvalue weighted by molar-refractivity contribution is 0.281. The number of nitrogens with zero attached hydrogens (tertiary/aromatic N) is 2. The SMILES string of the molecule is CN(C)CCN(C)c1ccc(F)cc1CO. The van der Waals surface area contributed by atoms with Crippen LogP contribution in [0.4, 0.5) is 10.1 Å². The third-order valence-electron chi connectivity index (χ3n) is 2.51. The molecule has 3 nitrogen and oxygen atoms in total. The number of hydrogen-bond acceptors (Lipinski definition) is 3. The molecule has 90 valence electrons. The van der Waals surface area contributed by atoms with E-state index in [0.29, 0.717) is 5.56 Å². The van der Waals surface area contributed by atoms with E-state index in [1.54, 1.807) is 6.07 Å². The molecule has 0 radical (unpaired) electrons. The first-order valence-corrected chi connectivity index (χ1v) is 5.29. The highest BCUT2D eigenvalue weighted by Gasteiger charge is 2.08. The van der Waals surface area contributed by atoms with Gasteiger partial charge in [-0.25, -0.2) is 4.39 Å². The zero-order valence-corrected chi connectivity index (χ0v) is 10.1. The number of rotatable bonds is 5. The molecular weight excluding hydrogens is 207 g/mol. The van der Waals surface area contributed by atoms with Gasteiger partial charge in [0, 0.05) is 31.4 Å². The number of benzene rings is 1. The molecule has 0 aliphatic rings. The van der Waals surface area contributed by atoms with Gasteiger partial charge in [0.2, 0.25) is 0 Å². The largest absolute Gasteiger partial charge is 0.392 e. The van der Waals surface area contributed by atoms with Crippen molar-refractivity contribution >= 4 is 5.69 Å². The molecule has 0 aromatic heterocycles. The van der Waals surface area contributed by atoms with Gasteiger partial charge in [0.1, 0.15) is 5.82 Å². The smallest absolute Gasteiger partial charge is 0.123 e. The van der Waals surface area contributed by atoms with Gasteiger partial charge < -0.3 is 14.9 Å². The Bertz CT molecular complexity index is 342. The minimum absolute atomic E-state index is 0.139. The molecule has 0 bridgehead atoms. The first-order chi connectivity index (χ1) is 7.54. The molecule has 0 spiro atoms. The van der Waals surface area contributed by atoms with Gasteiger partial charge in [0.15, 0.2) is 0 Å². The van der Waals surface area contributed by atoms with Crippen molar-refractivity contribution in [1.29, 1.82) is 0 Å². The van der Waals surface area contributed by atoms with Crippen LogP contribution in [0.3, 0.4) is 0 Å². The molecule has 0 aliphatic heterocycles. The van der Waals surface area contributed by atoms with E-state index in [1.165, 1.54) is 12.1 Å². The zero-order chi connectivity index (χ0) is 12.1. The van der Waals surface area contributed by atoms with Crippen molar-refractivity contribution < 1.29 is 9.50 Å². The highest BCUT2D eigenvalue weighted by atomic mass is 19.1. The first kappa shape index (κ1) is 12.9. The molecule has 1 rings (SSSR count). The minimum atomic E-state index is -0.311. The van der Waals surface area contributed by atoms with E-state index in [0.717, 1.165) is 18.8 Å². The molecule has 0 unspecified atom stereocenters. The average Bonchev–Trinajstić information content (AvgIpc) is 2.25. The monoisotopic (exact) mass is 226 g/mol. The Kier molecular flexibility index (Phi) is 4.71. The lowest BCUT2D eigenvalue weighted by atomic mass is 10.1. The van der Waals surface area contributed by atoms with Gasteiger partial charge in [-0.3, -0.25) is 0 Å². The number of aliphatic hydroxyl groups is 1. The maximum absolute atomic E-state index is 13.0. The van der Waals surface area contributed by atoms with E-state index in [9.17, 15) is 4.39 Å². The summed E-state index contributed by atoms with van der Waals surface area (Å²) in [4.78, 5) is 4.10. The molecule has 0 amide bonds. The van der Waals surface area contributed by atoms with E-state index in [1.807, 2.05) is 26.0 Å². The van der Waals surface area contributed by atoms with E-state index < -0.39 is 0 Å². The first-order valence-electron chi connectivity index (χ1n) is 5.29. The van der Waals surface area contributed by atoms with E-state index in [-0.39, 0.29) is 12.4 Å². The Morgan fingerprint density at radius 3 is 2.44 bits per heavy atom. The quantitative estimate of drug-likeness (QED) is 0.820. The second-order valence-electron chi connectivity index (χ2n) is 4.16. The van der Waals surface area contributed by atoms with Gasteiger partial charge in [0.05, 0.1) is 6.61 Å². The molecule has 1 N–H and O–H groups in total. The lowest BCUT2D eigenvalue weighted by Crippen LogP contribution is -2.29. The summed E-state index contributed by atoms with van der Waals surface area (Å²) in [5.41, 5.74) is 1.51. The molecule has 0 heterocycles. The Balaban J connectivity index is 2.77. The fourth-order valence-corrected chi connectivity index (χ4v) is 1.52. The summed E-state index contributed by atoms with van der Waals surface area (Å²) in [5, 5.41) is 9.17. The van der Waals surface area contributed by atoms with Crippen LogP contribution in [-0.2, 0) is 6.61 Å². The van der Waals surface area contributed by atoms with Gasteiger partial charge in [-0.15, -0.1) is 0 Å². The fourth-order valence-electron chi connectivity index (χ4n) is 1.52. The van der Waals surface area contributed by atoms with Crippen LogP contribution >= 0.6 is 0 Å². The molecule has 1 aromatic carbocycles. The molecule has 4 heteroatoms. The van der Waals surface area contributed by atoms with Gasteiger partial charge in [0.25, 0.3) is 0 Å². The average molecular weight is 226 g/mol.